The van der Waals surface area contributed by atoms with Gasteiger partial charge in [-0.05, 0) is 31.0 Å². The molecule has 2 aromatic rings. The number of hydrogen-bond acceptors (Lipinski definition) is 4. The van der Waals surface area contributed by atoms with Crippen LogP contribution in [0.4, 0.5) is 0 Å². The lowest BCUT2D eigenvalue weighted by Gasteiger charge is -2.28. The van der Waals surface area contributed by atoms with E-state index in [1.54, 1.807) is 24.3 Å². The van der Waals surface area contributed by atoms with E-state index < -0.39 is 0 Å². The van der Waals surface area contributed by atoms with Crippen LogP contribution in [0, 0.1) is 0 Å². The van der Waals surface area contributed by atoms with E-state index in [4.69, 9.17) is 16.1 Å². The quantitative estimate of drug-likeness (QED) is 0.852. The van der Waals surface area contributed by atoms with Gasteiger partial charge in [-0.2, -0.15) is 4.98 Å². The summed E-state index contributed by atoms with van der Waals surface area (Å²) in [7, 11) is 0. The first-order valence-corrected chi connectivity index (χ1v) is 7.46. The number of aromatic nitrogens is 2. The van der Waals surface area contributed by atoms with Gasteiger partial charge in [-0.3, -0.25) is 4.79 Å². The predicted octanol–water partition coefficient (Wildman–Crippen LogP) is 3.48. The van der Waals surface area contributed by atoms with Crippen LogP contribution < -0.4 is 0 Å². The van der Waals surface area contributed by atoms with Gasteiger partial charge in [0.2, 0.25) is 6.39 Å². The summed E-state index contributed by atoms with van der Waals surface area (Å²) < 4.78 is 4.84. The number of benzene rings is 1. The molecule has 3 rings (SSSR count). The normalized spacial score (nSPS) is 19.3. The number of rotatable bonds is 2. The van der Waals surface area contributed by atoms with Gasteiger partial charge in [0.25, 0.3) is 5.91 Å². The lowest BCUT2D eigenvalue weighted by Crippen LogP contribution is -2.35. The van der Waals surface area contributed by atoms with Gasteiger partial charge in [0.15, 0.2) is 5.82 Å². The predicted molar refractivity (Wildman–Crippen MR) is 78.0 cm³/mol. The molecule has 1 aromatic carbocycles. The molecule has 110 valence electrons. The molecule has 1 amide bonds. The van der Waals surface area contributed by atoms with E-state index in [0.29, 0.717) is 23.0 Å². The molecular weight excluding hydrogens is 290 g/mol. The van der Waals surface area contributed by atoms with E-state index in [0.717, 1.165) is 25.7 Å². The van der Waals surface area contributed by atoms with E-state index in [-0.39, 0.29) is 11.9 Å². The molecule has 1 atom stereocenters. The summed E-state index contributed by atoms with van der Waals surface area (Å²) in [5.41, 5.74) is 0.595. The topological polar surface area (TPSA) is 59.2 Å². The van der Waals surface area contributed by atoms with E-state index in [9.17, 15) is 4.79 Å². The van der Waals surface area contributed by atoms with Gasteiger partial charge in [0.1, 0.15) is 0 Å². The average molecular weight is 306 g/mol. The molecule has 0 N–H and O–H groups in total. The minimum atomic E-state index is -0.127. The Morgan fingerprint density at radius 3 is 3.00 bits per heavy atom. The van der Waals surface area contributed by atoms with Crippen LogP contribution in [0.15, 0.2) is 35.2 Å². The number of carbonyl (C=O) groups is 1. The van der Waals surface area contributed by atoms with Crippen molar-refractivity contribution in [1.29, 1.82) is 0 Å². The van der Waals surface area contributed by atoms with Gasteiger partial charge in [-0.1, -0.05) is 35.7 Å². The molecule has 0 saturated carbocycles. The first-order chi connectivity index (χ1) is 10.3. The maximum absolute atomic E-state index is 12.8. The number of hydrogen-bond donors (Lipinski definition) is 0. The van der Waals surface area contributed by atoms with Gasteiger partial charge >= 0.3 is 0 Å². The second kappa shape index (κ2) is 6.26. The minimum Gasteiger partial charge on any atom is -0.343 e. The van der Waals surface area contributed by atoms with Crippen LogP contribution >= 0.6 is 11.6 Å². The zero-order valence-electron chi connectivity index (χ0n) is 11.5. The molecule has 0 spiro atoms. The van der Waals surface area contributed by atoms with Crippen LogP contribution in [0.3, 0.4) is 0 Å². The minimum absolute atomic E-state index is 0.0331. The van der Waals surface area contributed by atoms with E-state index in [2.05, 4.69) is 10.1 Å². The summed E-state index contributed by atoms with van der Waals surface area (Å²) in [5, 5.41) is 4.48. The van der Waals surface area contributed by atoms with Crippen molar-refractivity contribution in [3.8, 4) is 0 Å². The standard InChI is InChI=1S/C15H16ClN3O2/c16-12-6-4-5-11(9-12)15(20)19-8-3-1-2-7-13(19)14-17-10-21-18-14/h4-6,9-10,13H,1-3,7-8H2/t13-/m1/s1. The highest BCUT2D eigenvalue weighted by Crippen LogP contribution is 2.29. The van der Waals surface area contributed by atoms with Crippen molar-refractivity contribution < 1.29 is 9.32 Å². The smallest absolute Gasteiger partial charge is 0.254 e. The van der Waals surface area contributed by atoms with Crippen LogP contribution in [-0.4, -0.2) is 27.5 Å². The van der Waals surface area contributed by atoms with Crippen molar-refractivity contribution in [2.75, 3.05) is 6.54 Å². The highest BCUT2D eigenvalue weighted by Gasteiger charge is 2.30. The molecule has 6 heteroatoms. The fourth-order valence-electron chi connectivity index (χ4n) is 2.73. The van der Waals surface area contributed by atoms with Gasteiger partial charge < -0.3 is 9.42 Å². The first-order valence-electron chi connectivity index (χ1n) is 7.08. The molecule has 0 unspecified atom stereocenters. The van der Waals surface area contributed by atoms with Crippen molar-refractivity contribution in [2.24, 2.45) is 0 Å². The summed E-state index contributed by atoms with van der Waals surface area (Å²) >= 11 is 5.99. The fraction of sp³-hybridized carbons (Fsp3) is 0.400. The molecule has 0 aliphatic carbocycles. The molecule has 0 radical (unpaired) electrons. The number of nitrogens with zero attached hydrogens (tertiary/aromatic N) is 3. The molecular formula is C15H16ClN3O2. The Morgan fingerprint density at radius 1 is 1.33 bits per heavy atom. The summed E-state index contributed by atoms with van der Waals surface area (Å²) in [6.07, 6.45) is 5.31. The molecule has 2 heterocycles. The third-order valence-electron chi connectivity index (χ3n) is 3.76. The summed E-state index contributed by atoms with van der Waals surface area (Å²) in [5.74, 6) is 0.543. The number of halogens is 1. The van der Waals surface area contributed by atoms with Crippen molar-refractivity contribution >= 4 is 17.5 Å². The first kappa shape index (κ1) is 14.1. The lowest BCUT2D eigenvalue weighted by molar-refractivity contribution is 0.0670. The Kier molecular flexibility index (Phi) is 4.20. The van der Waals surface area contributed by atoms with Crippen LogP contribution in [0.1, 0.15) is 47.9 Å². The van der Waals surface area contributed by atoms with Gasteiger partial charge in [0, 0.05) is 17.1 Å². The molecule has 0 bridgehead atoms. The van der Waals surface area contributed by atoms with E-state index in [1.807, 2.05) is 4.90 Å². The molecule has 1 aliphatic rings. The third kappa shape index (κ3) is 3.08. The molecule has 21 heavy (non-hydrogen) atoms. The van der Waals surface area contributed by atoms with Crippen molar-refractivity contribution in [2.45, 2.75) is 31.7 Å². The summed E-state index contributed by atoms with van der Waals surface area (Å²) in [6.45, 7) is 0.699. The Hall–Kier alpha value is -1.88. The Labute approximate surface area is 127 Å². The second-order valence-corrected chi connectivity index (χ2v) is 5.60. The number of amides is 1. The van der Waals surface area contributed by atoms with Gasteiger partial charge in [-0.25, -0.2) is 0 Å². The van der Waals surface area contributed by atoms with Crippen LogP contribution in [-0.2, 0) is 0 Å². The molecule has 5 nitrogen and oxygen atoms in total. The van der Waals surface area contributed by atoms with Crippen LogP contribution in [0.2, 0.25) is 5.02 Å². The molecule has 1 saturated heterocycles. The lowest BCUT2D eigenvalue weighted by atomic mass is 10.1. The molecule has 1 aliphatic heterocycles. The van der Waals surface area contributed by atoms with Crippen LogP contribution in [0.25, 0.3) is 0 Å². The Balaban J connectivity index is 1.90. The molecule has 1 aromatic heterocycles. The summed E-state index contributed by atoms with van der Waals surface area (Å²) in [4.78, 5) is 18.8. The van der Waals surface area contributed by atoms with Crippen molar-refractivity contribution in [1.82, 2.24) is 15.0 Å². The summed E-state index contributed by atoms with van der Waals surface area (Å²) in [6, 6.07) is 6.90. The zero-order chi connectivity index (χ0) is 14.7. The highest BCUT2D eigenvalue weighted by molar-refractivity contribution is 6.30. The molecule has 1 fully saturated rings. The third-order valence-corrected chi connectivity index (χ3v) is 4.00. The van der Waals surface area contributed by atoms with E-state index in [1.165, 1.54) is 6.39 Å². The average Bonchev–Trinajstić information content (AvgIpc) is 2.91. The second-order valence-electron chi connectivity index (χ2n) is 5.16. The fourth-order valence-corrected chi connectivity index (χ4v) is 2.92. The maximum atomic E-state index is 12.8. The van der Waals surface area contributed by atoms with E-state index >= 15 is 0 Å². The van der Waals surface area contributed by atoms with Crippen molar-refractivity contribution in [3.63, 3.8) is 0 Å². The Bertz CT molecular complexity index is 615. The highest BCUT2D eigenvalue weighted by atomic mass is 35.5. The Morgan fingerprint density at radius 2 is 2.24 bits per heavy atom. The number of carbonyl (C=O) groups excluding carboxylic acids is 1. The zero-order valence-corrected chi connectivity index (χ0v) is 12.3. The SMILES string of the molecule is O=C(c1cccc(Cl)c1)N1CCCCC[C@@H]1c1ncon1. The monoisotopic (exact) mass is 305 g/mol. The van der Waals surface area contributed by atoms with Crippen molar-refractivity contribution in [3.05, 3.63) is 47.1 Å². The maximum Gasteiger partial charge on any atom is 0.254 e. The largest absolute Gasteiger partial charge is 0.343 e. The van der Waals surface area contributed by atoms with Crippen LogP contribution in [0.5, 0.6) is 0 Å². The van der Waals surface area contributed by atoms with Gasteiger partial charge in [0.05, 0.1) is 6.04 Å². The number of likely N-dealkylation sites (tertiary alicyclic amines) is 1. The van der Waals surface area contributed by atoms with Gasteiger partial charge in [-0.15, -0.1) is 0 Å².